The first-order valence-electron chi connectivity index (χ1n) is 10.2. The third-order valence-corrected chi connectivity index (χ3v) is 7.76. The number of nitrogens with zero attached hydrogens (tertiary/aromatic N) is 2. The largest absolute Gasteiger partial charge is 0.324 e. The van der Waals surface area contributed by atoms with Crippen molar-refractivity contribution in [3.63, 3.8) is 0 Å². The first-order valence-corrected chi connectivity index (χ1v) is 11.2. The van der Waals surface area contributed by atoms with Gasteiger partial charge in [-0.3, -0.25) is 4.79 Å². The molecule has 0 saturated carbocycles. The number of hydrogen-bond acceptors (Lipinski definition) is 3. The quantitative estimate of drug-likeness (QED) is 0.759. The van der Waals surface area contributed by atoms with Crippen molar-refractivity contribution in [2.24, 2.45) is 0 Å². The van der Waals surface area contributed by atoms with Gasteiger partial charge in [0.25, 0.3) is 5.91 Å². The highest BCUT2D eigenvalue weighted by molar-refractivity contribution is 8.00. The van der Waals surface area contributed by atoms with Crippen LogP contribution in [0.3, 0.4) is 0 Å². The number of likely N-dealkylation sites (tertiary alicyclic amines) is 1. The molecule has 158 valence electrons. The average Bonchev–Trinajstić information content (AvgIpc) is 3.14. The minimum atomic E-state index is -0.486. The van der Waals surface area contributed by atoms with Gasteiger partial charge >= 0.3 is 6.03 Å². The first-order chi connectivity index (χ1) is 14.4. The van der Waals surface area contributed by atoms with Crippen molar-refractivity contribution in [2.75, 3.05) is 30.7 Å². The monoisotopic (exact) mass is 427 g/mol. The predicted octanol–water partition coefficient (Wildman–Crippen LogP) is 4.66. The number of halogens is 1. The topological polar surface area (TPSA) is 52.7 Å². The van der Waals surface area contributed by atoms with Crippen molar-refractivity contribution < 1.29 is 14.0 Å². The van der Waals surface area contributed by atoms with Gasteiger partial charge in [-0.2, -0.15) is 0 Å². The fourth-order valence-electron chi connectivity index (χ4n) is 4.23. The molecule has 2 heterocycles. The number of aryl methyl sites for hydroxylation is 1. The smallest absolute Gasteiger partial charge is 0.321 e. The molecule has 30 heavy (non-hydrogen) atoms. The van der Waals surface area contributed by atoms with Gasteiger partial charge in [-0.05, 0) is 56.0 Å². The van der Waals surface area contributed by atoms with Gasteiger partial charge in [0.1, 0.15) is 5.82 Å². The number of carbonyl (C=O) groups excluding carboxylic acids is 2. The Kier molecular flexibility index (Phi) is 5.73. The van der Waals surface area contributed by atoms with Crippen LogP contribution < -0.4 is 5.32 Å². The van der Waals surface area contributed by atoms with E-state index in [9.17, 15) is 14.0 Å². The van der Waals surface area contributed by atoms with E-state index in [0.29, 0.717) is 32.5 Å². The molecule has 1 spiro atoms. The summed E-state index contributed by atoms with van der Waals surface area (Å²) in [7, 11) is 0. The Morgan fingerprint density at radius 2 is 1.77 bits per heavy atom. The van der Waals surface area contributed by atoms with E-state index in [2.05, 4.69) is 5.32 Å². The molecule has 0 unspecified atom stereocenters. The molecule has 2 saturated heterocycles. The number of piperidine rings is 1. The maximum absolute atomic E-state index is 14.2. The average molecular weight is 428 g/mol. The summed E-state index contributed by atoms with van der Waals surface area (Å²) in [5.41, 5.74) is 3.14. The molecule has 3 amide bonds. The number of urea groups is 1. The zero-order valence-electron chi connectivity index (χ0n) is 17.3. The summed E-state index contributed by atoms with van der Waals surface area (Å²) in [4.78, 5) is 29.1. The number of thioether (sulfide) groups is 1. The lowest BCUT2D eigenvalue weighted by Crippen LogP contribution is -2.54. The molecular weight excluding hydrogens is 401 g/mol. The molecule has 2 aliphatic heterocycles. The van der Waals surface area contributed by atoms with Gasteiger partial charge in [0.05, 0.1) is 10.4 Å². The molecule has 0 atom stereocenters. The third-order valence-electron chi connectivity index (χ3n) is 6.21. The van der Waals surface area contributed by atoms with E-state index in [4.69, 9.17) is 0 Å². The molecule has 7 heteroatoms. The zero-order valence-corrected chi connectivity index (χ0v) is 18.1. The van der Waals surface area contributed by atoms with Crippen molar-refractivity contribution >= 4 is 29.4 Å². The Morgan fingerprint density at radius 1 is 1.03 bits per heavy atom. The maximum Gasteiger partial charge on any atom is 0.321 e. The van der Waals surface area contributed by atoms with E-state index in [1.54, 1.807) is 34.9 Å². The number of benzene rings is 2. The standard InChI is InChI=1S/C23H26FN3O2S/c1-16-6-5-9-20(17(16)2)25-22(29)26-12-10-23(11-13-26)27(14-15-30-23)21(28)18-7-3-4-8-19(18)24/h3-9H,10-15H2,1-2H3,(H,25,29). The van der Waals surface area contributed by atoms with Crippen LogP contribution in [0.25, 0.3) is 0 Å². The second-order valence-corrected chi connectivity index (χ2v) is 9.35. The first kappa shape index (κ1) is 20.7. The number of rotatable bonds is 2. The van der Waals surface area contributed by atoms with E-state index in [1.165, 1.54) is 6.07 Å². The minimum Gasteiger partial charge on any atom is -0.324 e. The fraction of sp³-hybridized carbons (Fsp3) is 0.391. The summed E-state index contributed by atoms with van der Waals surface area (Å²) in [5.74, 6) is 0.0841. The summed E-state index contributed by atoms with van der Waals surface area (Å²) in [6.45, 7) is 5.74. The van der Waals surface area contributed by atoms with Crippen LogP contribution in [0.1, 0.15) is 34.3 Å². The molecule has 0 radical (unpaired) electrons. The molecule has 5 nitrogen and oxygen atoms in total. The molecule has 2 aromatic carbocycles. The lowest BCUT2D eigenvalue weighted by atomic mass is 10.0. The summed E-state index contributed by atoms with van der Waals surface area (Å²) in [6, 6.07) is 11.9. The Bertz CT molecular complexity index is 973. The summed E-state index contributed by atoms with van der Waals surface area (Å²) in [6.07, 6.45) is 1.36. The molecule has 4 rings (SSSR count). The van der Waals surface area contributed by atoms with Gasteiger partial charge < -0.3 is 15.1 Å². The molecule has 2 fully saturated rings. The van der Waals surface area contributed by atoms with E-state index < -0.39 is 5.82 Å². The minimum absolute atomic E-state index is 0.117. The highest BCUT2D eigenvalue weighted by Gasteiger charge is 2.47. The van der Waals surface area contributed by atoms with Crippen LogP contribution in [0, 0.1) is 19.7 Å². The SMILES string of the molecule is Cc1cccc(NC(=O)N2CCC3(CC2)SCCN3C(=O)c2ccccc2F)c1C. The number of hydrogen-bond donors (Lipinski definition) is 1. The fourth-order valence-corrected chi connectivity index (χ4v) is 5.68. The van der Waals surface area contributed by atoms with Crippen molar-refractivity contribution in [3.05, 3.63) is 65.0 Å². The lowest BCUT2D eigenvalue weighted by molar-refractivity contribution is 0.0581. The summed E-state index contributed by atoms with van der Waals surface area (Å²) in [5, 5.41) is 3.02. The van der Waals surface area contributed by atoms with Crippen LogP contribution in [-0.2, 0) is 0 Å². The normalized spacial score (nSPS) is 18.0. The van der Waals surface area contributed by atoms with Crippen molar-refractivity contribution in [1.29, 1.82) is 0 Å². The molecule has 0 aromatic heterocycles. The number of amides is 3. The molecule has 2 aromatic rings. The van der Waals surface area contributed by atoms with Crippen molar-refractivity contribution in [2.45, 2.75) is 31.6 Å². The van der Waals surface area contributed by atoms with Crippen molar-refractivity contribution in [3.8, 4) is 0 Å². The second-order valence-electron chi connectivity index (χ2n) is 7.90. The highest BCUT2D eigenvalue weighted by Crippen LogP contribution is 2.44. The van der Waals surface area contributed by atoms with Gasteiger partial charge in [0.2, 0.25) is 0 Å². The van der Waals surface area contributed by atoms with E-state index in [0.717, 1.165) is 22.6 Å². The van der Waals surface area contributed by atoms with Gasteiger partial charge in [0, 0.05) is 31.1 Å². The number of carbonyl (C=O) groups is 2. The Labute approximate surface area is 180 Å². The Hall–Kier alpha value is -2.54. The predicted molar refractivity (Wildman–Crippen MR) is 118 cm³/mol. The third kappa shape index (κ3) is 3.78. The van der Waals surface area contributed by atoms with Crippen LogP contribution >= 0.6 is 11.8 Å². The van der Waals surface area contributed by atoms with Crippen LogP contribution in [0.15, 0.2) is 42.5 Å². The van der Waals surface area contributed by atoms with E-state index in [-0.39, 0.29) is 22.4 Å². The second kappa shape index (κ2) is 8.30. The van der Waals surface area contributed by atoms with Crippen molar-refractivity contribution in [1.82, 2.24) is 9.80 Å². The summed E-state index contributed by atoms with van der Waals surface area (Å²) >= 11 is 1.75. The van der Waals surface area contributed by atoms with Gasteiger partial charge in [0.15, 0.2) is 0 Å². The van der Waals surface area contributed by atoms with Crippen LogP contribution in [-0.4, -0.2) is 52.0 Å². The molecule has 0 bridgehead atoms. The van der Waals surface area contributed by atoms with Gasteiger partial charge in [-0.15, -0.1) is 11.8 Å². The molecule has 1 N–H and O–H groups in total. The molecule has 2 aliphatic rings. The van der Waals surface area contributed by atoms with Gasteiger partial charge in [-0.1, -0.05) is 24.3 Å². The zero-order chi connectivity index (χ0) is 21.3. The molecule has 0 aliphatic carbocycles. The van der Waals surface area contributed by atoms with E-state index >= 15 is 0 Å². The van der Waals surface area contributed by atoms with Crippen LogP contribution in [0.5, 0.6) is 0 Å². The highest BCUT2D eigenvalue weighted by atomic mass is 32.2. The van der Waals surface area contributed by atoms with Crippen LogP contribution in [0.4, 0.5) is 14.9 Å². The Balaban J connectivity index is 1.44. The number of anilines is 1. The Morgan fingerprint density at radius 3 is 2.50 bits per heavy atom. The maximum atomic E-state index is 14.2. The summed E-state index contributed by atoms with van der Waals surface area (Å²) < 4.78 is 14.2. The number of nitrogens with one attached hydrogen (secondary N) is 1. The lowest BCUT2D eigenvalue weighted by Gasteiger charge is -2.44. The van der Waals surface area contributed by atoms with E-state index in [1.807, 2.05) is 36.9 Å². The van der Waals surface area contributed by atoms with Crippen LogP contribution in [0.2, 0.25) is 0 Å². The molecular formula is C23H26FN3O2S. The van der Waals surface area contributed by atoms with Gasteiger partial charge in [-0.25, -0.2) is 9.18 Å².